The third-order valence-electron chi connectivity index (χ3n) is 5.61. The molecular weight excluding hydrogens is 372 g/mol. The zero-order chi connectivity index (χ0) is 21.0. The van der Waals surface area contributed by atoms with Gasteiger partial charge in [-0.2, -0.15) is 0 Å². The van der Waals surface area contributed by atoms with Crippen molar-refractivity contribution in [2.24, 2.45) is 0 Å². The fourth-order valence-electron chi connectivity index (χ4n) is 3.88. The summed E-state index contributed by atoms with van der Waals surface area (Å²) < 4.78 is 16.5. The van der Waals surface area contributed by atoms with E-state index >= 15 is 0 Å². The van der Waals surface area contributed by atoms with E-state index in [2.05, 4.69) is 0 Å². The maximum absolute atomic E-state index is 10.6. The average Bonchev–Trinajstić information content (AvgIpc) is 2.73. The van der Waals surface area contributed by atoms with Gasteiger partial charge in [0.05, 0.1) is 26.4 Å². The van der Waals surface area contributed by atoms with E-state index < -0.39 is 23.9 Å². The molecule has 29 heavy (non-hydrogen) atoms. The first-order chi connectivity index (χ1) is 13.9. The van der Waals surface area contributed by atoms with Gasteiger partial charge in [0.2, 0.25) is 0 Å². The SMILES string of the molecule is COC[C@@]1(CO)CC(O)C(O)C(c2ccc(C)c(Cc3ccc(OC)cc3)c2)O1. The van der Waals surface area contributed by atoms with Gasteiger partial charge in [-0.25, -0.2) is 0 Å². The molecule has 0 saturated carbocycles. The van der Waals surface area contributed by atoms with Crippen LogP contribution in [0.4, 0.5) is 0 Å². The van der Waals surface area contributed by atoms with Crippen LogP contribution in [0.2, 0.25) is 0 Å². The lowest BCUT2D eigenvalue weighted by molar-refractivity contribution is -0.242. The van der Waals surface area contributed by atoms with Crippen molar-refractivity contribution < 1.29 is 29.5 Å². The zero-order valence-corrected chi connectivity index (χ0v) is 17.2. The van der Waals surface area contributed by atoms with Crippen LogP contribution in [0.25, 0.3) is 0 Å². The molecule has 1 aliphatic heterocycles. The third kappa shape index (κ3) is 4.79. The molecule has 3 N–H and O–H groups in total. The van der Waals surface area contributed by atoms with Gasteiger partial charge in [0.15, 0.2) is 0 Å². The number of hydrogen-bond acceptors (Lipinski definition) is 6. The topological polar surface area (TPSA) is 88.4 Å². The number of aliphatic hydroxyl groups is 3. The summed E-state index contributed by atoms with van der Waals surface area (Å²) in [7, 11) is 3.16. The number of methoxy groups -OCH3 is 2. The first-order valence-corrected chi connectivity index (χ1v) is 9.77. The molecule has 0 radical (unpaired) electrons. The van der Waals surface area contributed by atoms with Crippen LogP contribution in [0.5, 0.6) is 5.75 Å². The van der Waals surface area contributed by atoms with Gasteiger partial charge in [-0.1, -0.05) is 30.3 Å². The van der Waals surface area contributed by atoms with E-state index in [-0.39, 0.29) is 19.6 Å². The lowest BCUT2D eigenvalue weighted by atomic mass is 9.85. The van der Waals surface area contributed by atoms with E-state index in [0.717, 1.165) is 34.4 Å². The first-order valence-electron chi connectivity index (χ1n) is 9.77. The molecule has 2 aromatic rings. The molecule has 1 fully saturated rings. The van der Waals surface area contributed by atoms with Crippen LogP contribution >= 0.6 is 0 Å². The molecule has 0 amide bonds. The van der Waals surface area contributed by atoms with E-state index in [4.69, 9.17) is 14.2 Å². The minimum absolute atomic E-state index is 0.111. The predicted octanol–water partition coefficient (Wildman–Crippen LogP) is 2.16. The molecule has 0 spiro atoms. The summed E-state index contributed by atoms with van der Waals surface area (Å²) in [6, 6.07) is 13.8. The number of benzene rings is 2. The highest BCUT2D eigenvalue weighted by atomic mass is 16.6. The molecule has 4 atom stereocenters. The Hall–Kier alpha value is -1.96. The number of ether oxygens (including phenoxy) is 3. The Kier molecular flexibility index (Phi) is 6.93. The highest BCUT2D eigenvalue weighted by Crippen LogP contribution is 2.38. The van der Waals surface area contributed by atoms with Crippen molar-refractivity contribution in [1.82, 2.24) is 0 Å². The average molecular weight is 402 g/mol. The highest BCUT2D eigenvalue weighted by molar-refractivity contribution is 5.38. The van der Waals surface area contributed by atoms with E-state index in [0.29, 0.717) is 0 Å². The Morgan fingerprint density at radius 3 is 2.45 bits per heavy atom. The number of aliphatic hydroxyl groups excluding tert-OH is 3. The third-order valence-corrected chi connectivity index (χ3v) is 5.61. The molecule has 0 bridgehead atoms. The van der Waals surface area contributed by atoms with Crippen molar-refractivity contribution in [1.29, 1.82) is 0 Å². The van der Waals surface area contributed by atoms with Gasteiger partial charge in [0.1, 0.15) is 23.6 Å². The van der Waals surface area contributed by atoms with E-state index in [9.17, 15) is 15.3 Å². The van der Waals surface area contributed by atoms with E-state index in [1.54, 1.807) is 7.11 Å². The maximum atomic E-state index is 10.6. The predicted molar refractivity (Wildman–Crippen MR) is 109 cm³/mol. The normalized spacial score (nSPS) is 27.0. The smallest absolute Gasteiger partial charge is 0.118 e. The summed E-state index contributed by atoms with van der Waals surface area (Å²) in [5.41, 5.74) is 3.09. The molecule has 1 aliphatic rings. The molecular formula is C23H30O6. The first kappa shape index (κ1) is 21.7. The van der Waals surface area contributed by atoms with Gasteiger partial charge < -0.3 is 29.5 Å². The maximum Gasteiger partial charge on any atom is 0.118 e. The van der Waals surface area contributed by atoms with Gasteiger partial charge in [-0.05, 0) is 47.7 Å². The highest BCUT2D eigenvalue weighted by Gasteiger charge is 2.46. The molecule has 3 rings (SSSR count). The van der Waals surface area contributed by atoms with Gasteiger partial charge in [0.25, 0.3) is 0 Å². The second-order valence-corrected chi connectivity index (χ2v) is 7.79. The van der Waals surface area contributed by atoms with Crippen molar-refractivity contribution in [3.8, 4) is 5.75 Å². The van der Waals surface area contributed by atoms with Crippen LogP contribution < -0.4 is 4.74 Å². The summed E-state index contributed by atoms with van der Waals surface area (Å²) in [5, 5.41) is 30.9. The Labute approximate surface area is 171 Å². The van der Waals surface area contributed by atoms with E-state index in [1.807, 2.05) is 49.4 Å². The van der Waals surface area contributed by atoms with Crippen molar-refractivity contribution >= 4 is 0 Å². The van der Waals surface area contributed by atoms with Gasteiger partial charge in [0, 0.05) is 13.5 Å². The van der Waals surface area contributed by atoms with Gasteiger partial charge in [-0.3, -0.25) is 0 Å². The molecule has 158 valence electrons. The van der Waals surface area contributed by atoms with Crippen LogP contribution in [0.1, 0.15) is 34.8 Å². The summed E-state index contributed by atoms with van der Waals surface area (Å²) in [6.45, 7) is 1.87. The monoisotopic (exact) mass is 402 g/mol. The Balaban J connectivity index is 1.88. The number of hydrogen-bond donors (Lipinski definition) is 3. The number of rotatable bonds is 7. The quantitative estimate of drug-likeness (QED) is 0.658. The van der Waals surface area contributed by atoms with Crippen LogP contribution in [0.15, 0.2) is 42.5 Å². The van der Waals surface area contributed by atoms with Crippen molar-refractivity contribution in [2.75, 3.05) is 27.4 Å². The second-order valence-electron chi connectivity index (χ2n) is 7.79. The molecule has 6 heteroatoms. The van der Waals surface area contributed by atoms with Crippen molar-refractivity contribution in [3.63, 3.8) is 0 Å². The molecule has 0 aromatic heterocycles. The minimum Gasteiger partial charge on any atom is -0.497 e. The van der Waals surface area contributed by atoms with Crippen LogP contribution in [-0.2, 0) is 15.9 Å². The molecule has 1 saturated heterocycles. The molecule has 2 aromatic carbocycles. The summed E-state index contributed by atoms with van der Waals surface area (Å²) in [4.78, 5) is 0. The Bertz CT molecular complexity index is 806. The minimum atomic E-state index is -1.08. The van der Waals surface area contributed by atoms with E-state index in [1.165, 1.54) is 7.11 Å². The summed E-state index contributed by atoms with van der Waals surface area (Å²) in [6.07, 6.45) is -2.01. The lowest BCUT2D eigenvalue weighted by Gasteiger charge is -2.44. The second kappa shape index (κ2) is 9.24. The fourth-order valence-corrected chi connectivity index (χ4v) is 3.88. The van der Waals surface area contributed by atoms with Gasteiger partial charge >= 0.3 is 0 Å². The molecule has 0 aliphatic carbocycles. The molecule has 3 unspecified atom stereocenters. The number of aryl methyl sites for hydroxylation is 1. The van der Waals surface area contributed by atoms with Crippen molar-refractivity contribution in [2.45, 2.75) is 43.7 Å². The lowest BCUT2D eigenvalue weighted by Crippen LogP contribution is -2.55. The van der Waals surface area contributed by atoms with Crippen LogP contribution in [0.3, 0.4) is 0 Å². The summed E-state index contributed by atoms with van der Waals surface area (Å²) >= 11 is 0. The van der Waals surface area contributed by atoms with Crippen LogP contribution in [0, 0.1) is 6.92 Å². The van der Waals surface area contributed by atoms with Crippen molar-refractivity contribution in [3.05, 3.63) is 64.7 Å². The van der Waals surface area contributed by atoms with Gasteiger partial charge in [-0.15, -0.1) is 0 Å². The Morgan fingerprint density at radius 2 is 1.83 bits per heavy atom. The Morgan fingerprint density at radius 1 is 1.10 bits per heavy atom. The molecule has 1 heterocycles. The standard InChI is InChI=1S/C23H30O6/c1-15-4-7-17(11-18(15)10-16-5-8-19(28-3)9-6-16)22-21(26)20(25)12-23(13-24,29-22)14-27-2/h4-9,11,20-22,24-26H,10,12-14H2,1-3H3/t20?,21?,22?,23-/m0/s1. The molecule has 6 nitrogen and oxygen atoms in total. The van der Waals surface area contributed by atoms with Crippen LogP contribution in [-0.4, -0.2) is 60.6 Å². The zero-order valence-electron chi connectivity index (χ0n) is 17.2. The fraction of sp³-hybridized carbons (Fsp3) is 0.478. The largest absolute Gasteiger partial charge is 0.497 e. The summed E-state index contributed by atoms with van der Waals surface area (Å²) in [5.74, 6) is 0.811.